The molecule has 0 bridgehead atoms. The molecule has 3 aromatic carbocycles. The maximum Gasteiger partial charge on any atom is 0.118 e. The van der Waals surface area contributed by atoms with E-state index in [2.05, 4.69) is 0 Å². The van der Waals surface area contributed by atoms with Crippen LogP contribution in [0, 0.1) is 5.92 Å². The first-order valence-corrected chi connectivity index (χ1v) is 12.4. The van der Waals surface area contributed by atoms with Crippen LogP contribution in [0.4, 0.5) is 0 Å². The van der Waals surface area contributed by atoms with Crippen molar-refractivity contribution in [3.05, 3.63) is 89.5 Å². The molecule has 3 atom stereocenters. The molecule has 1 saturated carbocycles. The molecule has 0 heterocycles. The molecule has 0 amide bonds. The molecule has 0 aliphatic heterocycles. The Morgan fingerprint density at radius 3 is 1.47 bits per heavy atom. The monoisotopic (exact) mass is 492 g/mol. The van der Waals surface area contributed by atoms with Gasteiger partial charge in [0.2, 0.25) is 0 Å². The number of methoxy groups -OCH3 is 3. The number of rotatable bonds is 13. The average Bonchev–Trinajstić information content (AvgIpc) is 3.33. The minimum absolute atomic E-state index is 0.0138. The molecule has 6 nitrogen and oxygen atoms in total. The van der Waals surface area contributed by atoms with Gasteiger partial charge in [0.25, 0.3) is 0 Å². The molecule has 1 aliphatic rings. The number of hydrogen-bond acceptors (Lipinski definition) is 6. The summed E-state index contributed by atoms with van der Waals surface area (Å²) in [7, 11) is 5.02. The van der Waals surface area contributed by atoms with Crippen molar-refractivity contribution >= 4 is 0 Å². The zero-order valence-electron chi connectivity index (χ0n) is 21.4. The van der Waals surface area contributed by atoms with Crippen LogP contribution in [0.3, 0.4) is 0 Å². The Balaban J connectivity index is 1.35. The Labute approximate surface area is 214 Å². The van der Waals surface area contributed by atoms with Crippen molar-refractivity contribution < 1.29 is 28.4 Å². The fraction of sp³-hybridized carbons (Fsp3) is 0.400. The van der Waals surface area contributed by atoms with Crippen LogP contribution < -0.4 is 14.2 Å². The summed E-state index contributed by atoms with van der Waals surface area (Å²) in [6.45, 7) is 2.24. The van der Waals surface area contributed by atoms with Crippen LogP contribution >= 0.6 is 0 Å². The molecule has 36 heavy (non-hydrogen) atoms. The van der Waals surface area contributed by atoms with Gasteiger partial charge in [-0.25, -0.2) is 0 Å². The Morgan fingerprint density at radius 1 is 0.556 bits per heavy atom. The summed E-state index contributed by atoms with van der Waals surface area (Å²) in [6, 6.07) is 24.0. The van der Waals surface area contributed by atoms with Crippen molar-refractivity contribution in [2.45, 2.75) is 44.9 Å². The quantitative estimate of drug-likeness (QED) is 0.300. The summed E-state index contributed by atoms with van der Waals surface area (Å²) in [5.41, 5.74) is 3.34. The maximum absolute atomic E-state index is 6.46. The third-order valence-corrected chi connectivity index (χ3v) is 6.64. The fourth-order valence-corrected chi connectivity index (χ4v) is 4.50. The Bertz CT molecular complexity index is 1030. The predicted octanol–water partition coefficient (Wildman–Crippen LogP) is 5.81. The minimum Gasteiger partial charge on any atom is -0.497 e. The van der Waals surface area contributed by atoms with E-state index in [1.165, 1.54) is 0 Å². The molecule has 0 saturated heterocycles. The van der Waals surface area contributed by atoms with Crippen molar-refractivity contribution in [1.29, 1.82) is 0 Å². The van der Waals surface area contributed by atoms with Gasteiger partial charge in [-0.3, -0.25) is 0 Å². The molecule has 0 N–H and O–H groups in total. The van der Waals surface area contributed by atoms with Crippen molar-refractivity contribution in [3.8, 4) is 17.2 Å². The van der Waals surface area contributed by atoms with E-state index in [1.54, 1.807) is 21.3 Å². The normalized spacial score (nSPS) is 19.2. The molecule has 0 unspecified atom stereocenters. The SMILES string of the molecule is COc1ccc(COC[C@H]2CC[C@@H](OCc3ccc(OC)cc3)[C@@H]2OCc2ccc(OC)cc2)cc1. The highest BCUT2D eigenvalue weighted by Gasteiger charge is 2.38. The second-order valence-corrected chi connectivity index (χ2v) is 9.02. The molecule has 0 aromatic heterocycles. The van der Waals surface area contributed by atoms with Crippen molar-refractivity contribution in [1.82, 2.24) is 0 Å². The van der Waals surface area contributed by atoms with E-state index in [9.17, 15) is 0 Å². The number of hydrogen-bond donors (Lipinski definition) is 0. The zero-order valence-corrected chi connectivity index (χ0v) is 21.4. The topological polar surface area (TPSA) is 55.4 Å². The van der Waals surface area contributed by atoms with Crippen LogP contribution in [-0.2, 0) is 34.0 Å². The molecule has 0 radical (unpaired) electrons. The van der Waals surface area contributed by atoms with E-state index >= 15 is 0 Å². The third-order valence-electron chi connectivity index (χ3n) is 6.64. The Morgan fingerprint density at radius 2 is 1.00 bits per heavy atom. The van der Waals surface area contributed by atoms with Gasteiger partial charge < -0.3 is 28.4 Å². The lowest BCUT2D eigenvalue weighted by molar-refractivity contribution is -0.0948. The second kappa shape index (κ2) is 13.3. The lowest BCUT2D eigenvalue weighted by atomic mass is 10.1. The van der Waals surface area contributed by atoms with E-state index in [0.717, 1.165) is 46.8 Å². The van der Waals surface area contributed by atoms with Gasteiger partial charge in [0.05, 0.1) is 60.0 Å². The van der Waals surface area contributed by atoms with E-state index < -0.39 is 0 Å². The molecular formula is C30H36O6. The summed E-state index contributed by atoms with van der Waals surface area (Å²) in [4.78, 5) is 0. The summed E-state index contributed by atoms with van der Waals surface area (Å²) in [5, 5.41) is 0. The molecule has 192 valence electrons. The van der Waals surface area contributed by atoms with Gasteiger partial charge in [0.1, 0.15) is 17.2 Å². The van der Waals surface area contributed by atoms with Gasteiger partial charge in [-0.15, -0.1) is 0 Å². The molecule has 0 spiro atoms. The highest BCUT2D eigenvalue weighted by molar-refractivity contribution is 5.28. The Kier molecular flexibility index (Phi) is 9.61. The van der Waals surface area contributed by atoms with Crippen LogP contribution in [0.15, 0.2) is 72.8 Å². The van der Waals surface area contributed by atoms with Crippen LogP contribution in [0.2, 0.25) is 0 Å². The van der Waals surface area contributed by atoms with Crippen molar-refractivity contribution in [2.75, 3.05) is 27.9 Å². The van der Waals surface area contributed by atoms with Gasteiger partial charge in [0, 0.05) is 5.92 Å². The van der Waals surface area contributed by atoms with E-state index in [4.69, 9.17) is 28.4 Å². The molecule has 6 heteroatoms. The van der Waals surface area contributed by atoms with Gasteiger partial charge in [0.15, 0.2) is 0 Å². The molecular weight excluding hydrogens is 456 g/mol. The summed E-state index contributed by atoms with van der Waals surface area (Å²) < 4.78 is 34.7. The molecule has 4 rings (SSSR count). The first-order valence-electron chi connectivity index (χ1n) is 12.4. The van der Waals surface area contributed by atoms with Gasteiger partial charge in [-0.2, -0.15) is 0 Å². The number of benzene rings is 3. The Hall–Kier alpha value is -3.06. The summed E-state index contributed by atoms with van der Waals surface area (Å²) >= 11 is 0. The molecule has 1 fully saturated rings. The first kappa shape index (κ1) is 26.0. The van der Waals surface area contributed by atoms with E-state index in [0.29, 0.717) is 26.4 Å². The second-order valence-electron chi connectivity index (χ2n) is 9.02. The minimum atomic E-state index is -0.0405. The average molecular weight is 493 g/mol. The van der Waals surface area contributed by atoms with Gasteiger partial charge in [-0.1, -0.05) is 36.4 Å². The molecule has 1 aliphatic carbocycles. The smallest absolute Gasteiger partial charge is 0.118 e. The maximum atomic E-state index is 6.46. The van der Waals surface area contributed by atoms with Gasteiger partial charge >= 0.3 is 0 Å². The van der Waals surface area contributed by atoms with E-state index in [-0.39, 0.29) is 18.1 Å². The largest absolute Gasteiger partial charge is 0.497 e. The zero-order chi connectivity index (χ0) is 25.2. The van der Waals surface area contributed by atoms with Crippen LogP contribution in [-0.4, -0.2) is 40.1 Å². The fourth-order valence-electron chi connectivity index (χ4n) is 4.50. The lowest BCUT2D eigenvalue weighted by Gasteiger charge is -2.26. The van der Waals surface area contributed by atoms with Crippen molar-refractivity contribution in [3.63, 3.8) is 0 Å². The first-order chi connectivity index (χ1) is 17.7. The van der Waals surface area contributed by atoms with Crippen molar-refractivity contribution in [2.24, 2.45) is 5.92 Å². The summed E-state index contributed by atoms with van der Waals surface area (Å²) in [5.74, 6) is 2.79. The van der Waals surface area contributed by atoms with Crippen LogP contribution in [0.1, 0.15) is 29.5 Å². The standard InChI is InChI=1S/C30H36O6/c1-31-26-11-4-22(5-12-26)18-34-21-25-10-17-29(35-19-23-6-13-27(32-2)14-7-23)30(25)36-20-24-8-15-28(33-3)16-9-24/h4-9,11-16,25,29-30H,10,17-21H2,1-3H3/t25-,29-,30-/m1/s1. The highest BCUT2D eigenvalue weighted by atomic mass is 16.5. The highest BCUT2D eigenvalue weighted by Crippen LogP contribution is 2.33. The number of ether oxygens (including phenoxy) is 6. The summed E-state index contributed by atoms with van der Waals surface area (Å²) in [6.07, 6.45) is 1.92. The predicted molar refractivity (Wildman–Crippen MR) is 139 cm³/mol. The van der Waals surface area contributed by atoms with Crippen LogP contribution in [0.25, 0.3) is 0 Å². The molecule has 3 aromatic rings. The van der Waals surface area contributed by atoms with Gasteiger partial charge in [-0.05, 0) is 65.9 Å². The van der Waals surface area contributed by atoms with E-state index in [1.807, 2.05) is 72.8 Å². The van der Waals surface area contributed by atoms with Crippen LogP contribution in [0.5, 0.6) is 17.2 Å². The lowest BCUT2D eigenvalue weighted by Crippen LogP contribution is -2.33. The third kappa shape index (κ3) is 7.23.